The predicted octanol–water partition coefficient (Wildman–Crippen LogP) is 2.45. The molecule has 4 rings (SSSR count). The average Bonchev–Trinajstić information content (AvgIpc) is 3.33. The fourth-order valence-corrected chi connectivity index (χ4v) is 5.12. The van der Waals surface area contributed by atoms with E-state index in [-0.39, 0.29) is 23.7 Å². The van der Waals surface area contributed by atoms with E-state index < -0.39 is 10.0 Å². The highest BCUT2D eigenvalue weighted by molar-refractivity contribution is 7.89. The van der Waals surface area contributed by atoms with E-state index >= 15 is 0 Å². The van der Waals surface area contributed by atoms with Crippen LogP contribution in [-0.4, -0.2) is 42.2 Å². The summed E-state index contributed by atoms with van der Waals surface area (Å²) in [6, 6.07) is 5.84. The molecule has 0 saturated carbocycles. The first kappa shape index (κ1) is 17.4. The Morgan fingerprint density at radius 2 is 2.00 bits per heavy atom. The SMILES string of the molecule is CC(C)c1nc(S(=O)(=O)N2CC[C@H](c3ccc4c(c3)OCO4)C2)cn1C. The zero-order valence-corrected chi connectivity index (χ0v) is 16.0. The molecule has 0 unspecified atom stereocenters. The summed E-state index contributed by atoms with van der Waals surface area (Å²) in [5.74, 6) is 2.56. The fraction of sp³-hybridized carbons (Fsp3) is 0.500. The fourth-order valence-electron chi connectivity index (χ4n) is 3.63. The zero-order valence-electron chi connectivity index (χ0n) is 15.2. The van der Waals surface area contributed by atoms with E-state index in [0.717, 1.165) is 29.3 Å². The number of imidazole rings is 1. The van der Waals surface area contributed by atoms with Gasteiger partial charge in [0.2, 0.25) is 6.79 Å². The second-order valence-corrected chi connectivity index (χ2v) is 9.05. The number of rotatable bonds is 4. The number of aryl methyl sites for hydroxylation is 1. The summed E-state index contributed by atoms with van der Waals surface area (Å²) in [5, 5.41) is 0.134. The van der Waals surface area contributed by atoms with Crippen molar-refractivity contribution < 1.29 is 17.9 Å². The van der Waals surface area contributed by atoms with Gasteiger partial charge in [-0.05, 0) is 30.0 Å². The van der Waals surface area contributed by atoms with Crippen molar-refractivity contribution in [2.45, 2.75) is 37.1 Å². The lowest BCUT2D eigenvalue weighted by Gasteiger charge is -2.15. The van der Waals surface area contributed by atoms with Gasteiger partial charge < -0.3 is 14.0 Å². The van der Waals surface area contributed by atoms with Gasteiger partial charge >= 0.3 is 0 Å². The van der Waals surface area contributed by atoms with Gasteiger partial charge in [-0.1, -0.05) is 19.9 Å². The topological polar surface area (TPSA) is 73.7 Å². The number of sulfonamides is 1. The third-order valence-electron chi connectivity index (χ3n) is 5.03. The van der Waals surface area contributed by atoms with Crippen molar-refractivity contribution in [3.05, 3.63) is 35.8 Å². The summed E-state index contributed by atoms with van der Waals surface area (Å²) < 4.78 is 40.1. The molecule has 0 radical (unpaired) electrons. The van der Waals surface area contributed by atoms with Crippen molar-refractivity contribution in [3.63, 3.8) is 0 Å². The van der Waals surface area contributed by atoms with E-state index in [1.54, 1.807) is 10.8 Å². The minimum Gasteiger partial charge on any atom is -0.454 e. The molecule has 2 aliphatic rings. The van der Waals surface area contributed by atoms with E-state index in [0.29, 0.717) is 13.1 Å². The minimum atomic E-state index is -3.58. The molecule has 7 nitrogen and oxygen atoms in total. The number of hydrogen-bond acceptors (Lipinski definition) is 5. The van der Waals surface area contributed by atoms with Gasteiger partial charge in [-0.25, -0.2) is 13.4 Å². The van der Waals surface area contributed by atoms with Crippen LogP contribution >= 0.6 is 0 Å². The summed E-state index contributed by atoms with van der Waals surface area (Å²) in [6.45, 7) is 5.20. The molecule has 0 N–H and O–H groups in total. The lowest BCUT2D eigenvalue weighted by atomic mass is 9.98. The Bertz CT molecular complexity index is 936. The molecule has 1 saturated heterocycles. The van der Waals surface area contributed by atoms with Gasteiger partial charge in [0.05, 0.1) is 0 Å². The minimum absolute atomic E-state index is 0.134. The average molecular weight is 377 g/mol. The number of fused-ring (bicyclic) bond motifs is 1. The first-order valence-corrected chi connectivity index (χ1v) is 10.2. The van der Waals surface area contributed by atoms with Crippen molar-refractivity contribution in [1.82, 2.24) is 13.9 Å². The van der Waals surface area contributed by atoms with E-state index in [1.807, 2.05) is 39.1 Å². The van der Waals surface area contributed by atoms with Crippen LogP contribution in [0.25, 0.3) is 0 Å². The number of hydrogen-bond donors (Lipinski definition) is 0. The van der Waals surface area contributed by atoms with Crippen molar-refractivity contribution in [1.29, 1.82) is 0 Å². The van der Waals surface area contributed by atoms with E-state index in [1.165, 1.54) is 4.31 Å². The van der Waals surface area contributed by atoms with Crippen molar-refractivity contribution in [3.8, 4) is 11.5 Å². The Kier molecular flexibility index (Phi) is 4.19. The first-order chi connectivity index (χ1) is 12.4. The molecule has 0 aliphatic carbocycles. The largest absolute Gasteiger partial charge is 0.454 e. The highest BCUT2D eigenvalue weighted by atomic mass is 32.2. The molecule has 3 heterocycles. The molecule has 2 aliphatic heterocycles. The van der Waals surface area contributed by atoms with Crippen LogP contribution in [0.2, 0.25) is 0 Å². The van der Waals surface area contributed by atoms with Crippen LogP contribution in [0.4, 0.5) is 0 Å². The summed E-state index contributed by atoms with van der Waals surface area (Å²) in [4.78, 5) is 4.37. The molecular weight excluding hydrogens is 354 g/mol. The summed E-state index contributed by atoms with van der Waals surface area (Å²) in [6.07, 6.45) is 2.39. The molecule has 1 atom stereocenters. The smallest absolute Gasteiger partial charge is 0.262 e. The maximum Gasteiger partial charge on any atom is 0.262 e. The molecule has 1 fully saturated rings. The Balaban J connectivity index is 1.55. The highest BCUT2D eigenvalue weighted by Gasteiger charge is 2.35. The number of nitrogens with zero attached hydrogens (tertiary/aromatic N) is 3. The van der Waals surface area contributed by atoms with E-state index in [9.17, 15) is 8.42 Å². The third kappa shape index (κ3) is 2.87. The second kappa shape index (κ2) is 6.28. The lowest BCUT2D eigenvalue weighted by molar-refractivity contribution is 0.174. The Hall–Kier alpha value is -2.06. The molecule has 140 valence electrons. The van der Waals surface area contributed by atoms with E-state index in [2.05, 4.69) is 4.98 Å². The molecule has 1 aromatic heterocycles. The van der Waals surface area contributed by atoms with Gasteiger partial charge in [-0.3, -0.25) is 0 Å². The first-order valence-electron chi connectivity index (χ1n) is 8.79. The quantitative estimate of drug-likeness (QED) is 0.818. The second-order valence-electron chi connectivity index (χ2n) is 7.16. The maximum absolute atomic E-state index is 13.0. The predicted molar refractivity (Wildman–Crippen MR) is 96.0 cm³/mol. The normalized spacial score (nSPS) is 20.2. The van der Waals surface area contributed by atoms with Crippen LogP contribution < -0.4 is 9.47 Å². The number of ether oxygens (including phenoxy) is 2. The Morgan fingerprint density at radius 3 is 2.73 bits per heavy atom. The Morgan fingerprint density at radius 1 is 1.23 bits per heavy atom. The molecule has 0 amide bonds. The molecule has 0 bridgehead atoms. The van der Waals surface area contributed by atoms with Crippen molar-refractivity contribution in [2.24, 2.45) is 7.05 Å². The van der Waals surface area contributed by atoms with Crippen LogP contribution in [0.1, 0.15) is 43.5 Å². The maximum atomic E-state index is 13.0. The molecule has 2 aromatic rings. The number of aromatic nitrogens is 2. The Labute approximate surface area is 153 Å². The summed E-state index contributed by atoms with van der Waals surface area (Å²) in [7, 11) is -1.75. The highest BCUT2D eigenvalue weighted by Crippen LogP contribution is 2.38. The summed E-state index contributed by atoms with van der Waals surface area (Å²) >= 11 is 0. The lowest BCUT2D eigenvalue weighted by Crippen LogP contribution is -2.29. The molecule has 1 aromatic carbocycles. The van der Waals surface area contributed by atoms with Gasteiger partial charge in [-0.15, -0.1) is 0 Å². The summed E-state index contributed by atoms with van der Waals surface area (Å²) in [5.41, 5.74) is 1.08. The molecule has 8 heteroatoms. The van der Waals surface area contributed by atoms with Crippen LogP contribution in [0, 0.1) is 0 Å². The van der Waals surface area contributed by atoms with Crippen molar-refractivity contribution in [2.75, 3.05) is 19.9 Å². The van der Waals surface area contributed by atoms with Crippen LogP contribution in [-0.2, 0) is 17.1 Å². The standard InChI is InChI=1S/C18H23N3O4S/c1-12(2)18-19-17(10-20(18)3)26(22,23)21-7-6-14(9-21)13-4-5-15-16(8-13)25-11-24-15/h4-5,8,10,12,14H,6-7,9,11H2,1-3H3/t14-/m0/s1. The van der Waals surface area contributed by atoms with Crippen LogP contribution in [0.15, 0.2) is 29.4 Å². The number of benzene rings is 1. The van der Waals surface area contributed by atoms with Gasteiger partial charge in [-0.2, -0.15) is 4.31 Å². The van der Waals surface area contributed by atoms with E-state index in [4.69, 9.17) is 9.47 Å². The van der Waals surface area contributed by atoms with Crippen molar-refractivity contribution >= 4 is 10.0 Å². The molecule has 0 spiro atoms. The zero-order chi connectivity index (χ0) is 18.5. The monoisotopic (exact) mass is 377 g/mol. The molecular formula is C18H23N3O4S. The van der Waals surface area contributed by atoms with Crippen LogP contribution in [0.5, 0.6) is 11.5 Å². The van der Waals surface area contributed by atoms with Gasteiger partial charge in [0.1, 0.15) is 5.82 Å². The van der Waals surface area contributed by atoms with Crippen LogP contribution in [0.3, 0.4) is 0 Å². The van der Waals surface area contributed by atoms with Gasteiger partial charge in [0, 0.05) is 32.3 Å². The third-order valence-corrected chi connectivity index (χ3v) is 6.77. The molecule has 26 heavy (non-hydrogen) atoms. The van der Waals surface area contributed by atoms with Gasteiger partial charge in [0.25, 0.3) is 10.0 Å². The van der Waals surface area contributed by atoms with Gasteiger partial charge in [0.15, 0.2) is 16.5 Å².